The maximum Gasteiger partial charge on any atom is 0.331 e. The van der Waals surface area contributed by atoms with Gasteiger partial charge in [0.2, 0.25) is 11.8 Å². The van der Waals surface area contributed by atoms with E-state index in [1.165, 1.54) is 18.7 Å². The molecule has 0 saturated carbocycles. The predicted octanol–water partition coefficient (Wildman–Crippen LogP) is 4.43. The van der Waals surface area contributed by atoms with Crippen LogP contribution in [0, 0.1) is 0 Å². The molecule has 2 rings (SSSR count). The number of carboxylic acid groups (broad SMARTS) is 1. The van der Waals surface area contributed by atoms with Crippen LogP contribution in [0.3, 0.4) is 0 Å². The lowest BCUT2D eigenvalue weighted by atomic mass is 10.2. The lowest BCUT2D eigenvalue weighted by Gasteiger charge is -2.12. The SMILES string of the molecule is C/C(=C\C(=O)Nc1ccc(S[C@@H](C)C(=O)Nc2cccc(Cl)c2)cc1)C(=O)O. The summed E-state index contributed by atoms with van der Waals surface area (Å²) in [5.74, 6) is -1.82. The van der Waals surface area contributed by atoms with E-state index in [1.54, 1.807) is 55.5 Å². The van der Waals surface area contributed by atoms with E-state index in [0.717, 1.165) is 11.0 Å². The Kier molecular flexibility index (Phi) is 7.66. The number of nitrogens with one attached hydrogen (secondary N) is 2. The summed E-state index contributed by atoms with van der Waals surface area (Å²) < 4.78 is 0. The zero-order valence-electron chi connectivity index (χ0n) is 15.2. The molecular formula is C20H19ClN2O4S. The van der Waals surface area contributed by atoms with E-state index >= 15 is 0 Å². The largest absolute Gasteiger partial charge is 0.478 e. The van der Waals surface area contributed by atoms with Crippen LogP contribution in [0.15, 0.2) is 65.1 Å². The molecule has 0 aliphatic heterocycles. The highest BCUT2D eigenvalue weighted by Crippen LogP contribution is 2.26. The lowest BCUT2D eigenvalue weighted by molar-refractivity contribution is -0.132. The van der Waals surface area contributed by atoms with Crippen LogP contribution in [-0.2, 0) is 14.4 Å². The Hall–Kier alpha value is -2.77. The number of anilines is 2. The lowest BCUT2D eigenvalue weighted by Crippen LogP contribution is -2.22. The molecular weight excluding hydrogens is 400 g/mol. The van der Waals surface area contributed by atoms with E-state index < -0.39 is 11.9 Å². The number of carbonyl (C=O) groups is 3. The summed E-state index contributed by atoms with van der Waals surface area (Å²) in [7, 11) is 0. The number of aliphatic carboxylic acids is 1. The van der Waals surface area contributed by atoms with Crippen molar-refractivity contribution in [3.8, 4) is 0 Å². The minimum atomic E-state index is -1.15. The number of amides is 2. The predicted molar refractivity (Wildman–Crippen MR) is 112 cm³/mol. The number of benzene rings is 2. The van der Waals surface area contributed by atoms with E-state index in [0.29, 0.717) is 16.4 Å². The van der Waals surface area contributed by atoms with Crippen LogP contribution in [0.1, 0.15) is 13.8 Å². The molecule has 0 aliphatic rings. The van der Waals surface area contributed by atoms with Gasteiger partial charge >= 0.3 is 5.97 Å². The zero-order chi connectivity index (χ0) is 20.7. The van der Waals surface area contributed by atoms with Gasteiger partial charge in [-0.05, 0) is 56.3 Å². The maximum absolute atomic E-state index is 12.3. The monoisotopic (exact) mass is 418 g/mol. The molecule has 0 unspecified atom stereocenters. The van der Waals surface area contributed by atoms with Gasteiger partial charge in [0.25, 0.3) is 0 Å². The van der Waals surface area contributed by atoms with Gasteiger partial charge in [0.05, 0.1) is 5.25 Å². The average Bonchev–Trinajstić information content (AvgIpc) is 2.63. The van der Waals surface area contributed by atoms with E-state index in [4.69, 9.17) is 16.7 Å². The van der Waals surface area contributed by atoms with Gasteiger partial charge in [-0.15, -0.1) is 11.8 Å². The number of halogens is 1. The van der Waals surface area contributed by atoms with E-state index in [1.807, 2.05) is 0 Å². The first-order valence-corrected chi connectivity index (χ1v) is 9.56. The smallest absolute Gasteiger partial charge is 0.331 e. The van der Waals surface area contributed by atoms with Crippen molar-refractivity contribution < 1.29 is 19.5 Å². The van der Waals surface area contributed by atoms with Crippen molar-refractivity contribution in [3.05, 3.63) is 65.2 Å². The van der Waals surface area contributed by atoms with Gasteiger partial charge in [-0.25, -0.2) is 4.79 Å². The second-order valence-electron chi connectivity index (χ2n) is 5.91. The summed E-state index contributed by atoms with van der Waals surface area (Å²) in [5.41, 5.74) is 1.11. The molecule has 146 valence electrons. The molecule has 2 aromatic rings. The molecule has 0 aromatic heterocycles. The Morgan fingerprint density at radius 1 is 1.07 bits per heavy atom. The van der Waals surface area contributed by atoms with Crippen LogP contribution in [0.4, 0.5) is 11.4 Å². The summed E-state index contributed by atoms with van der Waals surface area (Å²) in [4.78, 5) is 35.7. The van der Waals surface area contributed by atoms with Crippen LogP contribution >= 0.6 is 23.4 Å². The number of carboxylic acids is 1. The van der Waals surface area contributed by atoms with Crippen LogP contribution in [-0.4, -0.2) is 28.1 Å². The first kappa shape index (κ1) is 21.5. The van der Waals surface area contributed by atoms with Gasteiger partial charge in [0.15, 0.2) is 0 Å². The van der Waals surface area contributed by atoms with Crippen molar-refractivity contribution in [2.75, 3.05) is 10.6 Å². The summed E-state index contributed by atoms with van der Waals surface area (Å²) in [6, 6.07) is 13.9. The van der Waals surface area contributed by atoms with Crippen LogP contribution in [0.5, 0.6) is 0 Å². The fourth-order valence-corrected chi connectivity index (χ4v) is 3.18. The Balaban J connectivity index is 1.92. The minimum absolute atomic E-state index is 0.0517. The molecule has 1 atom stereocenters. The second kappa shape index (κ2) is 9.96. The summed E-state index contributed by atoms with van der Waals surface area (Å²) in [6.45, 7) is 3.14. The van der Waals surface area contributed by atoms with Gasteiger partial charge in [0.1, 0.15) is 0 Å². The van der Waals surface area contributed by atoms with Gasteiger partial charge in [-0.1, -0.05) is 17.7 Å². The van der Waals surface area contributed by atoms with Gasteiger partial charge in [-0.2, -0.15) is 0 Å². The summed E-state index contributed by atoms with van der Waals surface area (Å²) >= 11 is 7.28. The molecule has 0 bridgehead atoms. The van der Waals surface area contributed by atoms with Gasteiger partial charge < -0.3 is 15.7 Å². The number of hydrogen-bond donors (Lipinski definition) is 3. The highest BCUT2D eigenvalue weighted by atomic mass is 35.5. The Morgan fingerprint density at radius 3 is 2.36 bits per heavy atom. The first-order valence-electron chi connectivity index (χ1n) is 8.30. The number of carbonyl (C=O) groups excluding carboxylic acids is 2. The maximum atomic E-state index is 12.3. The van der Waals surface area contributed by atoms with Crippen LogP contribution < -0.4 is 10.6 Å². The van der Waals surface area contributed by atoms with Gasteiger partial charge in [0, 0.05) is 32.9 Å². The van der Waals surface area contributed by atoms with Crippen molar-refractivity contribution >= 4 is 52.5 Å². The molecule has 2 amide bonds. The fourth-order valence-electron chi connectivity index (χ4n) is 2.12. The molecule has 0 heterocycles. The third kappa shape index (κ3) is 6.75. The van der Waals surface area contributed by atoms with Crippen molar-refractivity contribution in [2.45, 2.75) is 24.0 Å². The average molecular weight is 419 g/mol. The molecule has 6 nitrogen and oxygen atoms in total. The Morgan fingerprint density at radius 2 is 1.75 bits per heavy atom. The molecule has 28 heavy (non-hydrogen) atoms. The Bertz CT molecular complexity index is 913. The highest BCUT2D eigenvalue weighted by molar-refractivity contribution is 8.00. The highest BCUT2D eigenvalue weighted by Gasteiger charge is 2.15. The van der Waals surface area contributed by atoms with E-state index in [2.05, 4.69) is 10.6 Å². The number of thioether (sulfide) groups is 1. The zero-order valence-corrected chi connectivity index (χ0v) is 16.8. The molecule has 0 fully saturated rings. The number of rotatable bonds is 7. The van der Waals surface area contributed by atoms with Crippen LogP contribution in [0.25, 0.3) is 0 Å². The van der Waals surface area contributed by atoms with Crippen molar-refractivity contribution in [3.63, 3.8) is 0 Å². The topological polar surface area (TPSA) is 95.5 Å². The van der Waals surface area contributed by atoms with Gasteiger partial charge in [-0.3, -0.25) is 9.59 Å². The third-order valence-corrected chi connectivity index (χ3v) is 4.93. The molecule has 0 spiro atoms. The molecule has 8 heteroatoms. The quantitative estimate of drug-likeness (QED) is 0.456. The standard InChI is InChI=1S/C20H19ClN2O4S/c1-12(20(26)27)10-18(24)22-15-6-8-17(9-7-15)28-13(2)19(25)23-16-5-3-4-14(21)11-16/h3-11,13H,1-2H3,(H,22,24)(H,23,25)(H,26,27)/b12-10+/t13-/m0/s1. The van der Waals surface area contributed by atoms with Crippen molar-refractivity contribution in [1.29, 1.82) is 0 Å². The first-order chi connectivity index (χ1) is 13.2. The normalized spacial score (nSPS) is 12.2. The molecule has 0 aliphatic carbocycles. The number of hydrogen-bond acceptors (Lipinski definition) is 4. The molecule has 2 aromatic carbocycles. The summed E-state index contributed by atoms with van der Waals surface area (Å²) in [6.07, 6.45) is 1.02. The fraction of sp³-hybridized carbons (Fsp3) is 0.150. The van der Waals surface area contributed by atoms with E-state index in [-0.39, 0.29) is 16.7 Å². The second-order valence-corrected chi connectivity index (χ2v) is 7.76. The van der Waals surface area contributed by atoms with Crippen molar-refractivity contribution in [1.82, 2.24) is 0 Å². The minimum Gasteiger partial charge on any atom is -0.478 e. The van der Waals surface area contributed by atoms with Crippen LogP contribution in [0.2, 0.25) is 5.02 Å². The summed E-state index contributed by atoms with van der Waals surface area (Å²) in [5, 5.41) is 14.4. The Labute approximate surface area is 172 Å². The van der Waals surface area contributed by atoms with Crippen molar-refractivity contribution in [2.24, 2.45) is 0 Å². The molecule has 3 N–H and O–H groups in total. The third-order valence-electron chi connectivity index (χ3n) is 3.58. The van der Waals surface area contributed by atoms with E-state index in [9.17, 15) is 14.4 Å². The molecule has 0 radical (unpaired) electrons. The molecule has 0 saturated heterocycles.